The predicted octanol–water partition coefficient (Wildman–Crippen LogP) is 5.75. The van der Waals surface area contributed by atoms with E-state index in [-0.39, 0.29) is 11.9 Å². The van der Waals surface area contributed by atoms with Crippen LogP contribution in [-0.4, -0.2) is 5.91 Å². The predicted molar refractivity (Wildman–Crippen MR) is 100 cm³/mol. The van der Waals surface area contributed by atoms with Gasteiger partial charge in [0.05, 0.1) is 16.6 Å². The van der Waals surface area contributed by atoms with Crippen LogP contribution in [0, 0.1) is 0 Å². The summed E-state index contributed by atoms with van der Waals surface area (Å²) < 4.78 is 0. The third-order valence-corrected chi connectivity index (χ3v) is 5.21. The first kappa shape index (κ1) is 17.3. The van der Waals surface area contributed by atoms with Gasteiger partial charge in [-0.1, -0.05) is 48.3 Å². The highest BCUT2D eigenvalue weighted by atomic mass is 35.5. The van der Waals surface area contributed by atoms with Gasteiger partial charge in [-0.25, -0.2) is 0 Å². The number of nitrogens with one attached hydrogen (secondary N) is 1. The van der Waals surface area contributed by atoms with Gasteiger partial charge in [-0.2, -0.15) is 0 Å². The van der Waals surface area contributed by atoms with Crippen molar-refractivity contribution in [2.24, 2.45) is 0 Å². The molecule has 0 radical (unpaired) electrons. The fourth-order valence-corrected chi connectivity index (χ4v) is 3.80. The first-order chi connectivity index (χ1) is 11.6. The van der Waals surface area contributed by atoms with E-state index < -0.39 is 0 Å². The molecule has 3 rings (SSSR count). The third-order valence-electron chi connectivity index (χ3n) is 4.66. The lowest BCUT2D eigenvalue weighted by molar-refractivity contribution is 0.0935. The highest BCUT2D eigenvalue weighted by Crippen LogP contribution is 2.27. The van der Waals surface area contributed by atoms with Gasteiger partial charge < -0.3 is 5.32 Å². The molecule has 0 saturated carbocycles. The van der Waals surface area contributed by atoms with E-state index in [1.54, 1.807) is 18.2 Å². The molecule has 1 amide bonds. The smallest absolute Gasteiger partial charge is 0.253 e. The highest BCUT2D eigenvalue weighted by Gasteiger charge is 2.18. The van der Waals surface area contributed by atoms with Crippen LogP contribution in [0.1, 0.15) is 59.3 Å². The number of carbonyl (C=O) groups is 1. The number of rotatable bonds is 4. The maximum atomic E-state index is 12.6. The van der Waals surface area contributed by atoms with Crippen LogP contribution in [0.5, 0.6) is 0 Å². The Morgan fingerprint density at radius 2 is 1.83 bits per heavy atom. The van der Waals surface area contributed by atoms with Gasteiger partial charge in [0.25, 0.3) is 5.91 Å². The van der Waals surface area contributed by atoms with Crippen LogP contribution in [0.25, 0.3) is 0 Å². The van der Waals surface area contributed by atoms with E-state index in [1.807, 2.05) is 0 Å². The molecule has 0 bridgehead atoms. The number of hydrogen-bond acceptors (Lipinski definition) is 1. The molecule has 0 heterocycles. The Bertz CT molecular complexity index is 757. The lowest BCUT2D eigenvalue weighted by Crippen LogP contribution is -2.28. The van der Waals surface area contributed by atoms with Crippen LogP contribution in [-0.2, 0) is 12.8 Å². The SMILES string of the molecule is CC[C@@H](NC(=O)c1ccc(Cl)cc1Cl)c1ccc2c(c1)CCCC2. The van der Waals surface area contributed by atoms with Crippen molar-refractivity contribution in [3.8, 4) is 0 Å². The monoisotopic (exact) mass is 361 g/mol. The number of amides is 1. The van der Waals surface area contributed by atoms with E-state index >= 15 is 0 Å². The molecule has 4 heteroatoms. The summed E-state index contributed by atoms with van der Waals surface area (Å²) in [4.78, 5) is 12.6. The first-order valence-electron chi connectivity index (χ1n) is 8.46. The van der Waals surface area contributed by atoms with E-state index in [1.165, 1.54) is 30.4 Å². The van der Waals surface area contributed by atoms with Gasteiger partial charge in [0.2, 0.25) is 0 Å². The van der Waals surface area contributed by atoms with Crippen molar-refractivity contribution in [1.82, 2.24) is 5.32 Å². The summed E-state index contributed by atoms with van der Waals surface area (Å²) in [5.41, 5.74) is 4.50. The molecule has 1 atom stereocenters. The largest absolute Gasteiger partial charge is 0.345 e. The third kappa shape index (κ3) is 3.76. The normalized spacial score (nSPS) is 14.8. The van der Waals surface area contributed by atoms with Gasteiger partial charge in [0.15, 0.2) is 0 Å². The molecule has 0 aliphatic heterocycles. The first-order valence-corrected chi connectivity index (χ1v) is 9.21. The number of carbonyl (C=O) groups excluding carboxylic acids is 1. The zero-order valence-electron chi connectivity index (χ0n) is 13.7. The Balaban J connectivity index is 1.80. The summed E-state index contributed by atoms with van der Waals surface area (Å²) in [6.45, 7) is 2.08. The second-order valence-corrected chi connectivity index (χ2v) is 7.14. The van der Waals surface area contributed by atoms with Gasteiger partial charge in [-0.3, -0.25) is 4.79 Å². The van der Waals surface area contributed by atoms with Crippen LogP contribution < -0.4 is 5.32 Å². The Morgan fingerprint density at radius 1 is 1.08 bits per heavy atom. The minimum absolute atomic E-state index is 0.0172. The average molecular weight is 362 g/mol. The van der Waals surface area contributed by atoms with Gasteiger partial charge in [-0.05, 0) is 67.0 Å². The molecule has 0 spiro atoms. The zero-order valence-corrected chi connectivity index (χ0v) is 15.3. The minimum atomic E-state index is -0.166. The molecule has 126 valence electrons. The van der Waals surface area contributed by atoms with Crippen LogP contribution in [0.15, 0.2) is 36.4 Å². The molecule has 0 fully saturated rings. The molecule has 1 aliphatic carbocycles. The Morgan fingerprint density at radius 3 is 2.54 bits per heavy atom. The lowest BCUT2D eigenvalue weighted by Gasteiger charge is -2.22. The molecule has 0 saturated heterocycles. The van der Waals surface area contributed by atoms with Crippen LogP contribution in [0.2, 0.25) is 10.0 Å². The van der Waals surface area contributed by atoms with Crippen LogP contribution in [0.4, 0.5) is 0 Å². The molecular weight excluding hydrogens is 341 g/mol. The lowest BCUT2D eigenvalue weighted by atomic mass is 9.88. The molecule has 2 nitrogen and oxygen atoms in total. The molecular formula is C20H21Cl2NO. The number of hydrogen-bond donors (Lipinski definition) is 1. The summed E-state index contributed by atoms with van der Waals surface area (Å²) in [5, 5.41) is 4.00. The standard InChI is InChI=1S/C20H21Cl2NO/c1-2-19(15-8-7-13-5-3-4-6-14(13)11-15)23-20(24)17-10-9-16(21)12-18(17)22/h7-12,19H,2-6H2,1H3,(H,23,24)/t19-/m1/s1. The average Bonchev–Trinajstić information content (AvgIpc) is 2.59. The van der Waals surface area contributed by atoms with Crippen LogP contribution >= 0.6 is 23.2 Å². The van der Waals surface area contributed by atoms with Crippen molar-refractivity contribution < 1.29 is 4.79 Å². The fraction of sp³-hybridized carbons (Fsp3) is 0.350. The van der Waals surface area contributed by atoms with E-state index in [0.29, 0.717) is 15.6 Å². The molecule has 2 aromatic rings. The van der Waals surface area contributed by atoms with Crippen molar-refractivity contribution >= 4 is 29.1 Å². The molecule has 2 aromatic carbocycles. The van der Waals surface area contributed by atoms with Gasteiger partial charge in [0, 0.05) is 5.02 Å². The minimum Gasteiger partial charge on any atom is -0.345 e. The van der Waals surface area contributed by atoms with E-state index in [9.17, 15) is 4.79 Å². The van der Waals surface area contributed by atoms with E-state index in [0.717, 1.165) is 18.4 Å². The number of fused-ring (bicyclic) bond motifs is 1. The summed E-state index contributed by atoms with van der Waals surface area (Å²) in [5.74, 6) is -0.166. The molecule has 24 heavy (non-hydrogen) atoms. The second kappa shape index (κ2) is 7.58. The maximum absolute atomic E-state index is 12.6. The van der Waals surface area contributed by atoms with E-state index in [2.05, 4.69) is 30.4 Å². The molecule has 0 aromatic heterocycles. The number of benzene rings is 2. The summed E-state index contributed by atoms with van der Waals surface area (Å²) in [6, 6.07) is 11.5. The molecule has 0 unspecified atom stereocenters. The van der Waals surface area contributed by atoms with Crippen molar-refractivity contribution in [1.29, 1.82) is 0 Å². The maximum Gasteiger partial charge on any atom is 0.253 e. The van der Waals surface area contributed by atoms with Gasteiger partial charge in [0.1, 0.15) is 0 Å². The second-order valence-electron chi connectivity index (χ2n) is 6.29. The van der Waals surface area contributed by atoms with Crippen LogP contribution in [0.3, 0.4) is 0 Å². The van der Waals surface area contributed by atoms with Crippen molar-refractivity contribution in [2.75, 3.05) is 0 Å². The van der Waals surface area contributed by atoms with Gasteiger partial charge >= 0.3 is 0 Å². The zero-order chi connectivity index (χ0) is 17.1. The highest BCUT2D eigenvalue weighted by molar-refractivity contribution is 6.36. The number of aryl methyl sites for hydroxylation is 2. The van der Waals surface area contributed by atoms with Gasteiger partial charge in [-0.15, -0.1) is 0 Å². The summed E-state index contributed by atoms with van der Waals surface area (Å²) in [7, 11) is 0. The molecule has 1 aliphatic rings. The van der Waals surface area contributed by atoms with Crippen molar-refractivity contribution in [3.05, 3.63) is 68.7 Å². The summed E-state index contributed by atoms with van der Waals surface area (Å²) >= 11 is 12.0. The molecule has 1 N–H and O–H groups in total. The Hall–Kier alpha value is -1.51. The topological polar surface area (TPSA) is 29.1 Å². The Kier molecular flexibility index (Phi) is 5.47. The van der Waals surface area contributed by atoms with E-state index in [4.69, 9.17) is 23.2 Å². The quantitative estimate of drug-likeness (QED) is 0.737. The van der Waals surface area contributed by atoms with Crippen molar-refractivity contribution in [2.45, 2.75) is 45.1 Å². The Labute approximate surface area is 153 Å². The summed E-state index contributed by atoms with van der Waals surface area (Å²) in [6.07, 6.45) is 5.65. The van der Waals surface area contributed by atoms with Crippen molar-refractivity contribution in [3.63, 3.8) is 0 Å². The fourth-order valence-electron chi connectivity index (χ4n) is 3.30. The number of halogens is 2.